The molecule has 204 valence electrons. The molecule has 5 rings (SSSR count). The maximum atomic E-state index is 13.6. The number of methoxy groups -OCH3 is 2. The Morgan fingerprint density at radius 2 is 1.74 bits per heavy atom. The molecule has 1 aliphatic rings. The van der Waals surface area contributed by atoms with Crippen LogP contribution in [0.5, 0.6) is 5.75 Å². The average molecular weight is 537 g/mol. The molecule has 2 aromatic heterocycles. The van der Waals surface area contributed by atoms with Gasteiger partial charge < -0.3 is 24.8 Å². The number of nitrogens with one attached hydrogen (secondary N) is 2. The molecule has 39 heavy (non-hydrogen) atoms. The number of fused-ring (bicyclic) bond motifs is 1. The Labute approximate surface area is 225 Å². The standard InChI is InChI=1S/C28H30F2N6O3/c1-36(10-11-37-2)28(38-3)15-22(16-28)39-21-6-4-19(5-7-21)34-27-31-9-8-26(35-27)33-20-12-18-13-23(29)24(30)14-25(18)32-17-20/h4-9,12-14,17,22H,10-11,15-16H2,1-3H3,(H2,31,33,34,35). The summed E-state index contributed by atoms with van der Waals surface area (Å²) in [4.78, 5) is 15.1. The number of halogens is 2. The minimum Gasteiger partial charge on any atom is -0.490 e. The molecule has 11 heteroatoms. The first-order valence-electron chi connectivity index (χ1n) is 12.5. The van der Waals surface area contributed by atoms with Crippen molar-refractivity contribution in [1.29, 1.82) is 0 Å². The van der Waals surface area contributed by atoms with Gasteiger partial charge in [0.25, 0.3) is 0 Å². The molecule has 0 radical (unpaired) electrons. The molecule has 0 unspecified atom stereocenters. The van der Waals surface area contributed by atoms with E-state index in [1.165, 1.54) is 6.20 Å². The van der Waals surface area contributed by atoms with Crippen molar-refractivity contribution >= 4 is 34.0 Å². The molecule has 1 aliphatic carbocycles. The van der Waals surface area contributed by atoms with E-state index in [2.05, 4.69) is 30.5 Å². The largest absolute Gasteiger partial charge is 0.490 e. The van der Waals surface area contributed by atoms with Crippen molar-refractivity contribution in [3.8, 4) is 5.75 Å². The lowest BCUT2D eigenvalue weighted by atomic mass is 9.83. The first-order valence-corrected chi connectivity index (χ1v) is 12.5. The Balaban J connectivity index is 1.17. The second kappa shape index (κ2) is 11.4. The third kappa shape index (κ3) is 6.06. The van der Waals surface area contributed by atoms with Gasteiger partial charge in [0.05, 0.1) is 24.0 Å². The summed E-state index contributed by atoms with van der Waals surface area (Å²) in [5, 5.41) is 6.77. The quantitative estimate of drug-likeness (QED) is 0.249. The highest BCUT2D eigenvalue weighted by molar-refractivity contribution is 5.82. The van der Waals surface area contributed by atoms with Crippen molar-refractivity contribution in [1.82, 2.24) is 19.9 Å². The fourth-order valence-electron chi connectivity index (χ4n) is 4.57. The number of aromatic nitrogens is 3. The molecule has 2 N–H and O–H groups in total. The van der Waals surface area contributed by atoms with Gasteiger partial charge >= 0.3 is 0 Å². The zero-order valence-electron chi connectivity index (χ0n) is 21.9. The van der Waals surface area contributed by atoms with E-state index in [1.807, 2.05) is 31.3 Å². The summed E-state index contributed by atoms with van der Waals surface area (Å²) in [5.41, 5.74) is 1.42. The first-order chi connectivity index (χ1) is 18.9. The number of anilines is 4. The number of benzene rings is 2. The molecule has 0 bridgehead atoms. The van der Waals surface area contributed by atoms with Gasteiger partial charge in [-0.05, 0) is 49.5 Å². The van der Waals surface area contributed by atoms with E-state index >= 15 is 0 Å². The summed E-state index contributed by atoms with van der Waals surface area (Å²) in [7, 11) is 5.46. The number of hydrogen-bond acceptors (Lipinski definition) is 9. The second-order valence-corrected chi connectivity index (χ2v) is 9.44. The molecule has 1 saturated carbocycles. The Kier molecular flexibility index (Phi) is 7.82. The van der Waals surface area contributed by atoms with Crippen LogP contribution in [-0.2, 0) is 9.47 Å². The van der Waals surface area contributed by atoms with Gasteiger partial charge in [0.2, 0.25) is 5.95 Å². The highest BCUT2D eigenvalue weighted by Crippen LogP contribution is 2.40. The summed E-state index contributed by atoms with van der Waals surface area (Å²) in [6, 6.07) is 13.1. The normalized spacial score (nSPS) is 18.7. The molecule has 1 fully saturated rings. The van der Waals surface area contributed by atoms with Crippen LogP contribution in [0.3, 0.4) is 0 Å². The molecule has 0 saturated heterocycles. The lowest BCUT2D eigenvalue weighted by molar-refractivity contribution is -0.214. The molecular formula is C28H30F2N6O3. The number of likely N-dealkylation sites (N-methyl/N-ethyl adjacent to an activating group) is 1. The third-order valence-electron chi connectivity index (χ3n) is 6.86. The molecular weight excluding hydrogens is 506 g/mol. The van der Waals surface area contributed by atoms with Crippen molar-refractivity contribution in [3.05, 3.63) is 72.6 Å². The minimum absolute atomic E-state index is 0.0694. The zero-order chi connectivity index (χ0) is 27.4. The van der Waals surface area contributed by atoms with E-state index in [4.69, 9.17) is 14.2 Å². The Morgan fingerprint density at radius 1 is 0.974 bits per heavy atom. The molecule has 2 heterocycles. The van der Waals surface area contributed by atoms with Crippen LogP contribution < -0.4 is 15.4 Å². The molecule has 0 aliphatic heterocycles. The van der Waals surface area contributed by atoms with E-state index in [9.17, 15) is 8.78 Å². The predicted molar refractivity (Wildman–Crippen MR) is 145 cm³/mol. The summed E-state index contributed by atoms with van der Waals surface area (Å²) in [6.07, 6.45) is 4.76. The Bertz CT molecular complexity index is 1430. The topological polar surface area (TPSA) is 93.7 Å². The van der Waals surface area contributed by atoms with Gasteiger partial charge in [-0.15, -0.1) is 0 Å². The van der Waals surface area contributed by atoms with Gasteiger partial charge in [-0.1, -0.05) is 0 Å². The molecule has 0 spiro atoms. The van der Waals surface area contributed by atoms with Crippen molar-refractivity contribution in [3.63, 3.8) is 0 Å². The van der Waals surface area contributed by atoms with Crippen LogP contribution in [0.2, 0.25) is 0 Å². The molecule has 9 nitrogen and oxygen atoms in total. The van der Waals surface area contributed by atoms with Crippen LogP contribution in [-0.4, -0.2) is 66.1 Å². The van der Waals surface area contributed by atoms with Crippen LogP contribution >= 0.6 is 0 Å². The lowest BCUT2D eigenvalue weighted by Crippen LogP contribution is -2.61. The molecule has 0 amide bonds. The number of pyridine rings is 1. The molecule has 4 aromatic rings. The fourth-order valence-corrected chi connectivity index (χ4v) is 4.57. The molecule has 2 aromatic carbocycles. The maximum absolute atomic E-state index is 13.6. The average Bonchev–Trinajstić information content (AvgIpc) is 2.91. The Hall–Kier alpha value is -3.93. The van der Waals surface area contributed by atoms with E-state index < -0.39 is 11.6 Å². The van der Waals surface area contributed by atoms with Crippen LogP contribution in [0.15, 0.2) is 60.9 Å². The summed E-state index contributed by atoms with van der Waals surface area (Å²) in [6.45, 7) is 1.44. The summed E-state index contributed by atoms with van der Waals surface area (Å²) >= 11 is 0. The van der Waals surface area contributed by atoms with Gasteiger partial charge in [-0.25, -0.2) is 13.8 Å². The monoisotopic (exact) mass is 536 g/mol. The Morgan fingerprint density at radius 3 is 2.49 bits per heavy atom. The first kappa shape index (κ1) is 26.7. The van der Waals surface area contributed by atoms with E-state index in [0.29, 0.717) is 35.0 Å². The van der Waals surface area contributed by atoms with Gasteiger partial charge in [-0.2, -0.15) is 4.98 Å². The van der Waals surface area contributed by atoms with Crippen LogP contribution in [0.25, 0.3) is 10.9 Å². The minimum atomic E-state index is -0.931. The van der Waals surface area contributed by atoms with Crippen molar-refractivity contribution < 1.29 is 23.0 Å². The smallest absolute Gasteiger partial charge is 0.229 e. The highest BCUT2D eigenvalue weighted by atomic mass is 19.2. The van der Waals surface area contributed by atoms with Gasteiger partial charge in [0.15, 0.2) is 11.6 Å². The van der Waals surface area contributed by atoms with Gasteiger partial charge in [0, 0.05) is 56.9 Å². The number of rotatable bonds is 11. The van der Waals surface area contributed by atoms with Crippen LogP contribution in [0.4, 0.5) is 31.9 Å². The predicted octanol–water partition coefficient (Wildman–Crippen LogP) is 5.25. The van der Waals surface area contributed by atoms with Crippen molar-refractivity contribution in [2.45, 2.75) is 24.7 Å². The van der Waals surface area contributed by atoms with E-state index in [0.717, 1.165) is 43.0 Å². The van der Waals surface area contributed by atoms with Gasteiger partial charge in [0.1, 0.15) is 23.4 Å². The highest BCUT2D eigenvalue weighted by Gasteiger charge is 2.49. The SMILES string of the molecule is COCCN(C)C1(OC)CC(Oc2ccc(Nc3nccc(Nc4cnc5cc(F)c(F)cc5c4)n3)cc2)C1. The van der Waals surface area contributed by atoms with Crippen LogP contribution in [0.1, 0.15) is 12.8 Å². The van der Waals surface area contributed by atoms with Crippen LogP contribution in [0, 0.1) is 11.6 Å². The van der Waals surface area contributed by atoms with Gasteiger partial charge in [-0.3, -0.25) is 9.88 Å². The second-order valence-electron chi connectivity index (χ2n) is 9.44. The maximum Gasteiger partial charge on any atom is 0.229 e. The lowest BCUT2D eigenvalue weighted by Gasteiger charge is -2.51. The zero-order valence-corrected chi connectivity index (χ0v) is 21.9. The number of hydrogen-bond donors (Lipinski definition) is 2. The van der Waals surface area contributed by atoms with E-state index in [-0.39, 0.29) is 11.8 Å². The fraction of sp³-hybridized carbons (Fsp3) is 0.321. The van der Waals surface area contributed by atoms with Crippen molar-refractivity contribution in [2.75, 3.05) is 45.1 Å². The summed E-state index contributed by atoms with van der Waals surface area (Å²) < 4.78 is 44.2. The number of nitrogens with zero attached hydrogens (tertiary/aromatic N) is 4. The number of ether oxygens (including phenoxy) is 3. The summed E-state index contributed by atoms with van der Waals surface area (Å²) in [5.74, 6) is -0.185. The van der Waals surface area contributed by atoms with Crippen molar-refractivity contribution in [2.24, 2.45) is 0 Å². The van der Waals surface area contributed by atoms with E-state index in [1.54, 1.807) is 32.5 Å². The third-order valence-corrected chi connectivity index (χ3v) is 6.86. The molecule has 0 atom stereocenters.